The van der Waals surface area contributed by atoms with Gasteiger partial charge in [-0.05, 0) is 31.5 Å². The SMILES string of the molecule is CC(C)(N)CC(=O)NCC(C)(C)c1ccncc1. The van der Waals surface area contributed by atoms with E-state index >= 15 is 0 Å². The smallest absolute Gasteiger partial charge is 0.221 e. The molecule has 0 fully saturated rings. The molecule has 0 aromatic carbocycles. The summed E-state index contributed by atoms with van der Waals surface area (Å²) >= 11 is 0. The minimum absolute atomic E-state index is 0.00960. The third-order valence-corrected chi connectivity index (χ3v) is 2.81. The van der Waals surface area contributed by atoms with E-state index in [1.807, 2.05) is 26.0 Å². The summed E-state index contributed by atoms with van der Waals surface area (Å²) in [6.45, 7) is 8.47. The summed E-state index contributed by atoms with van der Waals surface area (Å²) < 4.78 is 0. The molecule has 100 valence electrons. The van der Waals surface area contributed by atoms with Gasteiger partial charge >= 0.3 is 0 Å². The van der Waals surface area contributed by atoms with Crippen molar-refractivity contribution in [3.8, 4) is 0 Å². The summed E-state index contributed by atoms with van der Waals surface area (Å²) in [6.07, 6.45) is 3.86. The van der Waals surface area contributed by atoms with Crippen LogP contribution in [0.1, 0.15) is 39.7 Å². The maximum atomic E-state index is 11.7. The predicted molar refractivity (Wildman–Crippen MR) is 73.2 cm³/mol. The highest BCUT2D eigenvalue weighted by Crippen LogP contribution is 2.21. The lowest BCUT2D eigenvalue weighted by Crippen LogP contribution is -2.42. The van der Waals surface area contributed by atoms with Crippen LogP contribution >= 0.6 is 0 Å². The van der Waals surface area contributed by atoms with Gasteiger partial charge in [-0.3, -0.25) is 9.78 Å². The molecular weight excluding hydrogens is 226 g/mol. The Morgan fingerprint density at radius 2 is 1.83 bits per heavy atom. The van der Waals surface area contributed by atoms with Crippen LogP contribution in [0.3, 0.4) is 0 Å². The summed E-state index contributed by atoms with van der Waals surface area (Å²) in [7, 11) is 0. The first kappa shape index (κ1) is 14.6. The Morgan fingerprint density at radius 1 is 1.28 bits per heavy atom. The van der Waals surface area contributed by atoms with E-state index in [-0.39, 0.29) is 11.3 Å². The first-order valence-corrected chi connectivity index (χ1v) is 6.17. The van der Waals surface area contributed by atoms with Gasteiger partial charge in [-0.1, -0.05) is 13.8 Å². The number of nitrogens with two attached hydrogens (primary N) is 1. The van der Waals surface area contributed by atoms with Crippen LogP contribution in [0.5, 0.6) is 0 Å². The van der Waals surface area contributed by atoms with Crippen LogP contribution in [-0.4, -0.2) is 23.0 Å². The molecule has 3 N–H and O–H groups in total. The summed E-state index contributed by atoms with van der Waals surface area (Å²) in [6, 6.07) is 3.94. The number of hydrogen-bond donors (Lipinski definition) is 2. The number of aromatic nitrogens is 1. The van der Waals surface area contributed by atoms with Crippen LogP contribution in [0, 0.1) is 0 Å². The monoisotopic (exact) mass is 249 g/mol. The lowest BCUT2D eigenvalue weighted by Gasteiger charge is -2.26. The third-order valence-electron chi connectivity index (χ3n) is 2.81. The highest BCUT2D eigenvalue weighted by molar-refractivity contribution is 5.77. The molecule has 4 heteroatoms. The maximum Gasteiger partial charge on any atom is 0.221 e. The van der Waals surface area contributed by atoms with Gasteiger partial charge in [0.25, 0.3) is 0 Å². The second kappa shape index (κ2) is 5.48. The van der Waals surface area contributed by atoms with Crippen molar-refractivity contribution < 1.29 is 4.79 Å². The molecule has 0 spiro atoms. The topological polar surface area (TPSA) is 68.0 Å². The maximum absolute atomic E-state index is 11.7. The zero-order chi connectivity index (χ0) is 13.8. The van der Waals surface area contributed by atoms with Crippen LogP contribution < -0.4 is 11.1 Å². The van der Waals surface area contributed by atoms with E-state index in [0.717, 1.165) is 5.56 Å². The molecule has 0 radical (unpaired) electrons. The summed E-state index contributed by atoms with van der Waals surface area (Å²) in [5.41, 5.74) is 6.39. The largest absolute Gasteiger partial charge is 0.355 e. The highest BCUT2D eigenvalue weighted by atomic mass is 16.1. The molecule has 0 bridgehead atoms. The van der Waals surface area contributed by atoms with Crippen LogP contribution in [0.4, 0.5) is 0 Å². The van der Waals surface area contributed by atoms with Crippen molar-refractivity contribution in [2.24, 2.45) is 5.73 Å². The summed E-state index contributed by atoms with van der Waals surface area (Å²) in [5.74, 6) is -0.00960. The quantitative estimate of drug-likeness (QED) is 0.833. The average molecular weight is 249 g/mol. The van der Waals surface area contributed by atoms with Gasteiger partial charge in [-0.2, -0.15) is 0 Å². The van der Waals surface area contributed by atoms with Gasteiger partial charge in [-0.15, -0.1) is 0 Å². The van der Waals surface area contributed by atoms with Gasteiger partial charge in [0.05, 0.1) is 0 Å². The lowest BCUT2D eigenvalue weighted by molar-refractivity contribution is -0.122. The Balaban J connectivity index is 2.55. The van der Waals surface area contributed by atoms with Crippen LogP contribution in [0.2, 0.25) is 0 Å². The Morgan fingerprint density at radius 3 is 2.33 bits per heavy atom. The zero-order valence-corrected chi connectivity index (χ0v) is 11.7. The minimum atomic E-state index is -0.467. The van der Waals surface area contributed by atoms with Gasteiger partial charge in [0.15, 0.2) is 0 Å². The van der Waals surface area contributed by atoms with Crippen molar-refractivity contribution >= 4 is 5.91 Å². The molecule has 0 aliphatic heterocycles. The molecule has 0 saturated carbocycles. The number of pyridine rings is 1. The molecule has 0 saturated heterocycles. The molecule has 1 heterocycles. The number of hydrogen-bond acceptors (Lipinski definition) is 3. The molecule has 0 unspecified atom stereocenters. The zero-order valence-electron chi connectivity index (χ0n) is 11.7. The molecule has 18 heavy (non-hydrogen) atoms. The molecule has 0 aliphatic carbocycles. The Kier molecular flexibility index (Phi) is 4.46. The first-order valence-electron chi connectivity index (χ1n) is 6.17. The van der Waals surface area contributed by atoms with Crippen molar-refractivity contribution in [3.05, 3.63) is 30.1 Å². The fraction of sp³-hybridized carbons (Fsp3) is 0.571. The summed E-state index contributed by atoms with van der Waals surface area (Å²) in [4.78, 5) is 15.7. The Hall–Kier alpha value is -1.42. The standard InChI is InChI=1S/C14H23N3O/c1-13(2,11-5-7-16-8-6-11)10-17-12(18)9-14(3,4)15/h5-8H,9-10,15H2,1-4H3,(H,17,18). The summed E-state index contributed by atoms with van der Waals surface area (Å²) in [5, 5.41) is 2.94. The average Bonchev–Trinajstić information content (AvgIpc) is 2.26. The molecule has 0 atom stereocenters. The third kappa shape index (κ3) is 4.84. The number of carbonyl (C=O) groups is 1. The van der Waals surface area contributed by atoms with Crippen LogP contribution in [0.25, 0.3) is 0 Å². The van der Waals surface area contributed by atoms with Crippen molar-refractivity contribution in [3.63, 3.8) is 0 Å². The van der Waals surface area contributed by atoms with Crippen molar-refractivity contribution in [1.82, 2.24) is 10.3 Å². The van der Waals surface area contributed by atoms with Gasteiger partial charge in [0, 0.05) is 36.3 Å². The van der Waals surface area contributed by atoms with Crippen LogP contribution in [-0.2, 0) is 10.2 Å². The fourth-order valence-corrected chi connectivity index (χ4v) is 1.70. The Bertz CT molecular complexity index is 393. The van der Waals surface area contributed by atoms with Crippen LogP contribution in [0.15, 0.2) is 24.5 Å². The van der Waals surface area contributed by atoms with E-state index in [2.05, 4.69) is 24.1 Å². The van der Waals surface area contributed by atoms with Crippen molar-refractivity contribution in [1.29, 1.82) is 0 Å². The van der Waals surface area contributed by atoms with E-state index in [0.29, 0.717) is 13.0 Å². The highest BCUT2D eigenvalue weighted by Gasteiger charge is 2.23. The van der Waals surface area contributed by atoms with E-state index < -0.39 is 5.54 Å². The second-order valence-corrected chi connectivity index (χ2v) is 6.06. The normalized spacial score (nSPS) is 12.3. The van der Waals surface area contributed by atoms with Crippen molar-refractivity contribution in [2.75, 3.05) is 6.54 Å². The lowest BCUT2D eigenvalue weighted by atomic mass is 9.85. The molecular formula is C14H23N3O. The number of amides is 1. The molecule has 1 amide bonds. The first-order chi connectivity index (χ1) is 8.21. The number of rotatable bonds is 5. The second-order valence-electron chi connectivity index (χ2n) is 6.06. The number of nitrogens with zero attached hydrogens (tertiary/aromatic N) is 1. The number of carbonyl (C=O) groups excluding carboxylic acids is 1. The molecule has 1 aromatic rings. The minimum Gasteiger partial charge on any atom is -0.355 e. The van der Waals surface area contributed by atoms with Gasteiger partial charge in [-0.25, -0.2) is 0 Å². The predicted octanol–water partition coefficient (Wildman–Crippen LogP) is 1.60. The van der Waals surface area contributed by atoms with Gasteiger partial charge in [0.1, 0.15) is 0 Å². The van der Waals surface area contributed by atoms with E-state index in [4.69, 9.17) is 5.73 Å². The van der Waals surface area contributed by atoms with E-state index in [9.17, 15) is 4.79 Å². The molecule has 1 rings (SSSR count). The van der Waals surface area contributed by atoms with E-state index in [1.54, 1.807) is 12.4 Å². The number of nitrogens with one attached hydrogen (secondary N) is 1. The Labute approximate surface area is 109 Å². The van der Waals surface area contributed by atoms with Gasteiger partial charge in [0.2, 0.25) is 5.91 Å². The molecule has 0 aliphatic rings. The molecule has 4 nitrogen and oxygen atoms in total. The van der Waals surface area contributed by atoms with Gasteiger partial charge < -0.3 is 11.1 Å². The molecule has 1 aromatic heterocycles. The van der Waals surface area contributed by atoms with Crippen molar-refractivity contribution in [2.45, 2.75) is 45.1 Å². The fourth-order valence-electron chi connectivity index (χ4n) is 1.70. The van der Waals surface area contributed by atoms with E-state index in [1.165, 1.54) is 0 Å².